The lowest BCUT2D eigenvalue weighted by molar-refractivity contribution is -0.137. The third-order valence-corrected chi connectivity index (χ3v) is 6.46. The third-order valence-electron chi connectivity index (χ3n) is 6.46. The van der Waals surface area contributed by atoms with E-state index in [0.717, 1.165) is 32.1 Å². The summed E-state index contributed by atoms with van der Waals surface area (Å²) in [7, 11) is 1.66. The number of nitrogens with two attached hydrogens (primary N) is 1. The molecule has 0 bridgehead atoms. The molecule has 1 aliphatic carbocycles. The summed E-state index contributed by atoms with van der Waals surface area (Å²) >= 11 is 0. The van der Waals surface area contributed by atoms with Crippen LogP contribution in [0.5, 0.6) is 0 Å². The van der Waals surface area contributed by atoms with Crippen LogP contribution >= 0.6 is 0 Å². The quantitative estimate of drug-likeness (QED) is 0.202. The smallest absolute Gasteiger partial charge is 0.407 e. The first-order valence-electron chi connectivity index (χ1n) is 12.2. The van der Waals surface area contributed by atoms with E-state index in [4.69, 9.17) is 24.7 Å². The van der Waals surface area contributed by atoms with Crippen LogP contribution in [0, 0.1) is 5.92 Å². The van der Waals surface area contributed by atoms with Crippen LogP contribution in [0.3, 0.4) is 0 Å². The van der Waals surface area contributed by atoms with E-state index in [1.165, 1.54) is 5.57 Å². The number of nitrogens with one attached hydrogen (secondary N) is 2. The monoisotopic (exact) mass is 469 g/mol. The summed E-state index contributed by atoms with van der Waals surface area (Å²) in [5.74, 6) is -0.133. The van der Waals surface area contributed by atoms with Crippen LogP contribution in [0.4, 0.5) is 4.79 Å². The molecule has 2 amide bonds. The summed E-state index contributed by atoms with van der Waals surface area (Å²) in [4.78, 5) is 23.5. The highest BCUT2D eigenvalue weighted by atomic mass is 16.6. The minimum atomic E-state index is -0.415. The zero-order valence-corrected chi connectivity index (χ0v) is 20.7. The van der Waals surface area contributed by atoms with Crippen molar-refractivity contribution in [3.8, 4) is 0 Å². The molecule has 2 rings (SSSR count). The van der Waals surface area contributed by atoms with Gasteiger partial charge in [-0.05, 0) is 46.5 Å². The first kappa shape index (κ1) is 27.6. The van der Waals surface area contributed by atoms with Crippen LogP contribution in [0.2, 0.25) is 0 Å². The predicted octanol–water partition coefficient (Wildman–Crippen LogP) is 2.28. The lowest BCUT2D eigenvalue weighted by Gasteiger charge is -2.42. The fourth-order valence-electron chi connectivity index (χ4n) is 4.54. The molecular weight excluding hydrogens is 426 g/mol. The van der Waals surface area contributed by atoms with Crippen LogP contribution in [0.1, 0.15) is 59.3 Å². The average Bonchev–Trinajstić information content (AvgIpc) is 3.55. The minimum absolute atomic E-state index is 0.000580. The molecule has 0 aromatic carbocycles. The molecule has 3 unspecified atom stereocenters. The van der Waals surface area contributed by atoms with E-state index in [1.54, 1.807) is 7.11 Å². The summed E-state index contributed by atoms with van der Waals surface area (Å²) in [5, 5.41) is 5.59. The Balaban J connectivity index is 1.73. The Hall–Kier alpha value is -1.68. The van der Waals surface area contributed by atoms with E-state index in [1.807, 2.05) is 20.8 Å². The summed E-state index contributed by atoms with van der Waals surface area (Å²) in [6.45, 7) is 8.58. The molecular formula is C24H43N3O6. The number of rotatable bonds is 14. The van der Waals surface area contributed by atoms with Crippen LogP contribution in [0.25, 0.3) is 0 Å². The second-order valence-electron chi connectivity index (χ2n) is 9.28. The van der Waals surface area contributed by atoms with Crippen LogP contribution in [-0.2, 0) is 23.7 Å². The number of hydrogen-bond donors (Lipinski definition) is 3. The molecule has 0 aromatic rings. The molecule has 1 spiro atoms. The van der Waals surface area contributed by atoms with Gasteiger partial charge in [0, 0.05) is 26.1 Å². The molecule has 1 aliphatic heterocycles. The standard InChI is InChI=1S/C24H43N3O6/c1-17(2)10-14-31-18(3)21-22(30-4)19(9-11-24(21)16-32-24)33-23(29)27-13-8-6-5-7-12-26-20(28)15-25/h10,18-19,21-22H,5-9,11-16,25H2,1-4H3,(H,26,28)(H,27,29)/t18-,19?,21?,22?,24-/m0/s1. The minimum Gasteiger partial charge on any atom is -0.443 e. The number of alkyl carbamates (subject to hydrolysis) is 1. The second-order valence-corrected chi connectivity index (χ2v) is 9.28. The normalized spacial score (nSPS) is 27.0. The van der Waals surface area contributed by atoms with E-state index in [2.05, 4.69) is 16.7 Å². The molecule has 2 fully saturated rings. The van der Waals surface area contributed by atoms with Crippen molar-refractivity contribution in [3.63, 3.8) is 0 Å². The highest BCUT2D eigenvalue weighted by Gasteiger charge is 2.61. The van der Waals surface area contributed by atoms with Crippen molar-refractivity contribution in [3.05, 3.63) is 11.6 Å². The van der Waals surface area contributed by atoms with Gasteiger partial charge in [0.1, 0.15) is 12.2 Å². The van der Waals surface area contributed by atoms with E-state index in [9.17, 15) is 9.59 Å². The van der Waals surface area contributed by atoms with E-state index in [0.29, 0.717) is 32.7 Å². The number of unbranched alkanes of at least 4 members (excludes halogenated alkanes) is 3. The fraction of sp³-hybridized carbons (Fsp3) is 0.833. The molecule has 2 aliphatic rings. The van der Waals surface area contributed by atoms with Gasteiger partial charge < -0.3 is 35.3 Å². The number of methoxy groups -OCH3 is 1. The van der Waals surface area contributed by atoms with Crippen molar-refractivity contribution in [1.29, 1.82) is 0 Å². The summed E-state index contributed by atoms with van der Waals surface area (Å²) in [6.07, 6.45) is 6.16. The Labute approximate surface area is 198 Å². The van der Waals surface area contributed by atoms with Gasteiger partial charge >= 0.3 is 6.09 Å². The van der Waals surface area contributed by atoms with Crippen molar-refractivity contribution in [2.75, 3.05) is 40.0 Å². The Morgan fingerprint density at radius 1 is 1.18 bits per heavy atom. The van der Waals surface area contributed by atoms with Gasteiger partial charge in [-0.25, -0.2) is 4.79 Å². The van der Waals surface area contributed by atoms with E-state index < -0.39 is 6.09 Å². The molecule has 9 heteroatoms. The van der Waals surface area contributed by atoms with Gasteiger partial charge in [0.2, 0.25) is 5.91 Å². The molecule has 9 nitrogen and oxygen atoms in total. The van der Waals surface area contributed by atoms with Crippen molar-refractivity contribution in [2.24, 2.45) is 11.7 Å². The summed E-state index contributed by atoms with van der Waals surface area (Å²) < 4.78 is 23.5. The number of epoxide rings is 1. The maximum Gasteiger partial charge on any atom is 0.407 e. The zero-order valence-electron chi connectivity index (χ0n) is 20.7. The highest BCUT2D eigenvalue weighted by Crippen LogP contribution is 2.49. The molecule has 1 heterocycles. The third kappa shape index (κ3) is 8.88. The fourth-order valence-corrected chi connectivity index (χ4v) is 4.54. The molecule has 33 heavy (non-hydrogen) atoms. The van der Waals surface area contributed by atoms with Gasteiger partial charge in [0.25, 0.3) is 0 Å². The highest BCUT2D eigenvalue weighted by molar-refractivity contribution is 5.77. The second kappa shape index (κ2) is 13.9. The Morgan fingerprint density at radius 3 is 2.42 bits per heavy atom. The number of hydrogen-bond acceptors (Lipinski definition) is 7. The zero-order chi connectivity index (χ0) is 24.3. The van der Waals surface area contributed by atoms with Crippen molar-refractivity contribution in [2.45, 2.75) is 83.2 Å². The lowest BCUT2D eigenvalue weighted by Crippen LogP contribution is -2.54. The number of amides is 2. The van der Waals surface area contributed by atoms with Gasteiger partial charge in [-0.15, -0.1) is 0 Å². The number of carbonyl (C=O) groups is 2. The first-order valence-corrected chi connectivity index (χ1v) is 12.2. The van der Waals surface area contributed by atoms with E-state index >= 15 is 0 Å². The molecule has 1 saturated heterocycles. The maximum atomic E-state index is 12.4. The van der Waals surface area contributed by atoms with Gasteiger partial charge in [-0.3, -0.25) is 4.79 Å². The molecule has 0 radical (unpaired) electrons. The Morgan fingerprint density at radius 2 is 1.85 bits per heavy atom. The van der Waals surface area contributed by atoms with Gasteiger partial charge in [0.05, 0.1) is 31.5 Å². The molecule has 4 N–H and O–H groups in total. The van der Waals surface area contributed by atoms with Crippen molar-refractivity contribution >= 4 is 12.0 Å². The number of ether oxygens (including phenoxy) is 4. The topological polar surface area (TPSA) is 124 Å². The van der Waals surface area contributed by atoms with Crippen LogP contribution in [0.15, 0.2) is 11.6 Å². The number of carbonyl (C=O) groups excluding carboxylic acids is 2. The van der Waals surface area contributed by atoms with Crippen LogP contribution in [-0.4, -0.2) is 75.9 Å². The van der Waals surface area contributed by atoms with Gasteiger partial charge in [-0.2, -0.15) is 0 Å². The van der Waals surface area contributed by atoms with Crippen molar-refractivity contribution in [1.82, 2.24) is 10.6 Å². The Bertz CT molecular complexity index is 648. The van der Waals surface area contributed by atoms with Gasteiger partial charge in [-0.1, -0.05) is 24.5 Å². The average molecular weight is 470 g/mol. The molecule has 0 aromatic heterocycles. The number of allylic oxidation sites excluding steroid dienone is 1. The SMILES string of the molecule is COC1C(OC(=O)NCCCCCCNC(=O)CN)CC[C@]2(CO2)C1[C@H](C)OCC=C(C)C. The van der Waals surface area contributed by atoms with Gasteiger partial charge in [0.15, 0.2) is 0 Å². The first-order chi connectivity index (χ1) is 15.8. The largest absolute Gasteiger partial charge is 0.443 e. The summed E-state index contributed by atoms with van der Waals surface area (Å²) in [6, 6.07) is 0. The molecule has 190 valence electrons. The predicted molar refractivity (Wildman–Crippen MR) is 126 cm³/mol. The maximum absolute atomic E-state index is 12.4. The Kier molecular flexibility index (Phi) is 11.6. The molecule has 5 atom stereocenters. The van der Waals surface area contributed by atoms with E-state index in [-0.39, 0.29) is 42.3 Å². The van der Waals surface area contributed by atoms with Crippen molar-refractivity contribution < 1.29 is 28.5 Å². The molecule has 1 saturated carbocycles. The lowest BCUT2D eigenvalue weighted by atomic mass is 9.73. The summed E-state index contributed by atoms with van der Waals surface area (Å²) in [5.41, 5.74) is 6.23. The van der Waals surface area contributed by atoms with Crippen LogP contribution < -0.4 is 16.4 Å².